The van der Waals surface area contributed by atoms with E-state index in [-0.39, 0.29) is 6.42 Å². The van der Waals surface area contributed by atoms with Crippen LogP contribution in [0.3, 0.4) is 0 Å². The molecule has 0 aromatic carbocycles. The van der Waals surface area contributed by atoms with Gasteiger partial charge < -0.3 is 4.74 Å². The normalized spacial score (nSPS) is 21.5. The van der Waals surface area contributed by atoms with Crippen LogP contribution in [0.5, 0.6) is 0 Å². The molecule has 0 amide bonds. The molecular formula is C6H5FO4. The lowest BCUT2D eigenvalue weighted by atomic mass is 10.2. The summed E-state index contributed by atoms with van der Waals surface area (Å²) in [6.07, 6.45) is 1.60. The minimum Gasteiger partial charge on any atom is -0.454 e. The number of hydrogen-bond acceptors (Lipinski definition) is 4. The van der Waals surface area contributed by atoms with E-state index < -0.39 is 18.0 Å². The third-order valence-electron chi connectivity index (χ3n) is 1.17. The Morgan fingerprint density at radius 3 is 3.00 bits per heavy atom. The maximum atomic E-state index is 11.1. The van der Waals surface area contributed by atoms with Crippen molar-refractivity contribution in [2.45, 2.75) is 12.5 Å². The van der Waals surface area contributed by atoms with Crippen molar-refractivity contribution in [2.24, 2.45) is 0 Å². The van der Waals surface area contributed by atoms with E-state index in [1.165, 1.54) is 12.2 Å². The van der Waals surface area contributed by atoms with E-state index in [9.17, 15) is 14.1 Å². The zero-order valence-corrected chi connectivity index (χ0v) is 5.45. The first kappa shape index (κ1) is 7.71. The molecule has 4 nitrogen and oxygen atoms in total. The lowest BCUT2D eigenvalue weighted by Gasteiger charge is -2.03. The largest absolute Gasteiger partial charge is 0.454 e. The van der Waals surface area contributed by atoms with Gasteiger partial charge in [-0.25, -0.2) is 9.59 Å². The third kappa shape index (κ3) is 2.03. The maximum absolute atomic E-state index is 11.1. The second kappa shape index (κ2) is 3.14. The lowest BCUT2D eigenvalue weighted by Crippen LogP contribution is -2.13. The molecule has 0 spiro atoms. The van der Waals surface area contributed by atoms with Gasteiger partial charge in [0, 0.05) is 10.6 Å². The average molecular weight is 160 g/mol. The van der Waals surface area contributed by atoms with Crippen LogP contribution >= 0.6 is 0 Å². The molecule has 1 heterocycles. The van der Waals surface area contributed by atoms with Gasteiger partial charge in [0.25, 0.3) is 0 Å². The first-order valence-electron chi connectivity index (χ1n) is 2.92. The molecule has 11 heavy (non-hydrogen) atoms. The van der Waals surface area contributed by atoms with Crippen molar-refractivity contribution in [1.29, 1.82) is 0 Å². The van der Waals surface area contributed by atoms with E-state index in [0.717, 1.165) is 0 Å². The van der Waals surface area contributed by atoms with Gasteiger partial charge in [0.2, 0.25) is 0 Å². The molecule has 0 saturated heterocycles. The van der Waals surface area contributed by atoms with E-state index in [1.807, 2.05) is 0 Å². The molecule has 0 aliphatic carbocycles. The third-order valence-corrected chi connectivity index (χ3v) is 1.17. The number of cyclic esters (lactones) is 1. The summed E-state index contributed by atoms with van der Waals surface area (Å²) in [4.78, 5) is 23.5. The van der Waals surface area contributed by atoms with Crippen LogP contribution in [0.4, 0.5) is 4.53 Å². The minimum atomic E-state index is -1.05. The van der Waals surface area contributed by atoms with Crippen LogP contribution < -0.4 is 0 Å². The Kier molecular flexibility index (Phi) is 2.20. The fourth-order valence-electron chi connectivity index (χ4n) is 0.719. The van der Waals surface area contributed by atoms with E-state index in [0.29, 0.717) is 0 Å². The van der Waals surface area contributed by atoms with Crippen molar-refractivity contribution in [3.63, 3.8) is 0 Å². The van der Waals surface area contributed by atoms with Crippen molar-refractivity contribution in [1.82, 2.24) is 0 Å². The van der Waals surface area contributed by atoms with Crippen LogP contribution in [0.15, 0.2) is 12.2 Å². The number of ether oxygens (including phenoxy) is 1. The molecule has 0 N–H and O–H groups in total. The summed E-state index contributed by atoms with van der Waals surface area (Å²) in [7, 11) is 0. The van der Waals surface area contributed by atoms with Crippen molar-refractivity contribution in [3.8, 4) is 0 Å². The molecule has 1 unspecified atom stereocenters. The number of carbonyl (C=O) groups is 2. The molecule has 0 aromatic rings. The van der Waals surface area contributed by atoms with Crippen molar-refractivity contribution < 1.29 is 23.8 Å². The first-order valence-corrected chi connectivity index (χ1v) is 2.92. The summed E-state index contributed by atoms with van der Waals surface area (Å²) in [5, 5.41) is 0. The van der Waals surface area contributed by atoms with Gasteiger partial charge in [-0.2, -0.15) is 0 Å². The van der Waals surface area contributed by atoms with Crippen LogP contribution in [-0.4, -0.2) is 18.0 Å². The van der Waals surface area contributed by atoms with Gasteiger partial charge in [-0.05, 0) is 6.08 Å². The zero-order valence-electron chi connectivity index (χ0n) is 5.45. The zero-order chi connectivity index (χ0) is 8.27. The Labute approximate surface area is 61.5 Å². The molecular weight excluding hydrogens is 155 g/mol. The van der Waals surface area contributed by atoms with Crippen LogP contribution in [0.25, 0.3) is 0 Å². The van der Waals surface area contributed by atoms with Crippen LogP contribution in [0.1, 0.15) is 6.42 Å². The van der Waals surface area contributed by atoms with Crippen LogP contribution in [0, 0.1) is 0 Å². The molecule has 60 valence electrons. The highest BCUT2D eigenvalue weighted by atomic mass is 19.3. The molecule has 0 bridgehead atoms. The minimum absolute atomic E-state index is 0.279. The van der Waals surface area contributed by atoms with E-state index in [1.54, 1.807) is 0 Å². The fourth-order valence-corrected chi connectivity index (χ4v) is 0.719. The van der Waals surface area contributed by atoms with Gasteiger partial charge in [0.15, 0.2) is 0 Å². The summed E-state index contributed by atoms with van der Waals surface area (Å²) >= 11 is 0. The molecule has 1 aliphatic rings. The second-order valence-electron chi connectivity index (χ2n) is 1.99. The summed E-state index contributed by atoms with van der Waals surface area (Å²) in [6.45, 7) is 0. The molecule has 1 aliphatic heterocycles. The summed E-state index contributed by atoms with van der Waals surface area (Å²) in [6, 6.07) is 0. The number of hydrogen-bond donors (Lipinski definition) is 0. The predicted octanol–water partition coefficient (Wildman–Crippen LogP) is 0.286. The molecule has 0 radical (unpaired) electrons. The highest BCUT2D eigenvalue weighted by molar-refractivity contribution is 5.85. The van der Waals surface area contributed by atoms with Crippen molar-refractivity contribution >= 4 is 11.9 Å². The molecule has 1 atom stereocenters. The number of halogens is 1. The molecule has 0 aromatic heterocycles. The predicted molar refractivity (Wildman–Crippen MR) is 30.8 cm³/mol. The van der Waals surface area contributed by atoms with Crippen LogP contribution in [0.2, 0.25) is 0 Å². The Balaban J connectivity index is 2.35. The summed E-state index contributed by atoms with van der Waals surface area (Å²) < 4.78 is 15.6. The van der Waals surface area contributed by atoms with Gasteiger partial charge in [-0.15, -0.1) is 0 Å². The Morgan fingerprint density at radius 1 is 1.82 bits per heavy atom. The summed E-state index contributed by atoms with van der Waals surface area (Å²) in [5.74, 6) is -1.57. The first-order chi connectivity index (χ1) is 5.22. The van der Waals surface area contributed by atoms with Gasteiger partial charge in [-0.1, -0.05) is 0 Å². The smallest absolute Gasteiger partial charge is 0.352 e. The van der Waals surface area contributed by atoms with Crippen LogP contribution in [-0.2, 0) is 19.3 Å². The Bertz CT molecular complexity index is 211. The van der Waals surface area contributed by atoms with Crippen molar-refractivity contribution in [3.05, 3.63) is 12.2 Å². The van der Waals surface area contributed by atoms with Gasteiger partial charge in [-0.3, -0.25) is 4.94 Å². The number of esters is 1. The molecule has 0 fully saturated rings. The van der Waals surface area contributed by atoms with Gasteiger partial charge >= 0.3 is 11.9 Å². The quantitative estimate of drug-likeness (QED) is 0.544. The molecule has 0 saturated carbocycles. The Hall–Kier alpha value is -1.39. The topological polar surface area (TPSA) is 52.6 Å². The highest BCUT2D eigenvalue weighted by Crippen LogP contribution is 2.09. The number of rotatable bonds is 2. The summed E-state index contributed by atoms with van der Waals surface area (Å²) in [5.41, 5.74) is 0. The molecule has 5 heteroatoms. The Morgan fingerprint density at radius 2 is 2.55 bits per heavy atom. The maximum Gasteiger partial charge on any atom is 0.352 e. The standard InChI is InChI=1S/C6H5FO4/c7-11-6(9)3-4-1-2-5(8)10-4/h1-2,4H,3H2. The molecule has 1 rings (SSSR count). The monoisotopic (exact) mass is 160 g/mol. The lowest BCUT2D eigenvalue weighted by molar-refractivity contribution is -0.185. The highest BCUT2D eigenvalue weighted by Gasteiger charge is 2.20. The van der Waals surface area contributed by atoms with Gasteiger partial charge in [0.1, 0.15) is 6.10 Å². The van der Waals surface area contributed by atoms with Gasteiger partial charge in [0.05, 0.1) is 6.42 Å². The fraction of sp³-hybridized carbons (Fsp3) is 0.333. The SMILES string of the molecule is O=C1C=CC(CC(=O)OF)O1. The van der Waals surface area contributed by atoms with E-state index in [2.05, 4.69) is 9.68 Å². The number of carbonyl (C=O) groups excluding carboxylic acids is 2. The second-order valence-corrected chi connectivity index (χ2v) is 1.99. The van der Waals surface area contributed by atoms with Crippen molar-refractivity contribution in [2.75, 3.05) is 0 Å². The van der Waals surface area contributed by atoms with E-state index in [4.69, 9.17) is 0 Å². The average Bonchev–Trinajstić information content (AvgIpc) is 2.35. The van der Waals surface area contributed by atoms with E-state index >= 15 is 0 Å².